The standard InChI is InChI=1S/C19H25N3O6S/c1-4-5-6-13-28-16-7-9-17(10-8-16)29(26,27)22-12-11-21(15(3)23)14(2)18(22)19(24)20-25/h7-10,14,18,25H,4,11-13H2,1-3H3,(H,20,24). The molecule has 2 unspecified atom stereocenters. The largest absolute Gasteiger partial charge is 0.481 e. The minimum atomic E-state index is -4.05. The molecule has 1 aliphatic rings. The summed E-state index contributed by atoms with van der Waals surface area (Å²) in [6.45, 7) is 5.10. The molecule has 2 N–H and O–H groups in total. The molecule has 0 saturated carbocycles. The first-order chi connectivity index (χ1) is 13.7. The molecule has 10 heteroatoms. The third-order valence-corrected chi connectivity index (χ3v) is 6.54. The fourth-order valence-electron chi connectivity index (χ4n) is 3.23. The molecule has 1 fully saturated rings. The number of rotatable bonds is 5. The molecule has 2 rings (SSSR count). The highest BCUT2D eigenvalue weighted by molar-refractivity contribution is 7.89. The number of ether oxygens (including phenoxy) is 1. The lowest BCUT2D eigenvalue weighted by Gasteiger charge is -2.43. The molecule has 0 radical (unpaired) electrons. The van der Waals surface area contributed by atoms with Gasteiger partial charge in [-0.15, -0.1) is 5.92 Å². The highest BCUT2D eigenvalue weighted by Crippen LogP contribution is 2.26. The summed E-state index contributed by atoms with van der Waals surface area (Å²) >= 11 is 0. The van der Waals surface area contributed by atoms with Crippen molar-refractivity contribution in [3.05, 3.63) is 24.3 Å². The summed E-state index contributed by atoms with van der Waals surface area (Å²) in [6.07, 6.45) is 0.721. The lowest BCUT2D eigenvalue weighted by molar-refractivity contribution is -0.142. The number of nitrogens with zero attached hydrogens (tertiary/aromatic N) is 2. The second-order valence-electron chi connectivity index (χ2n) is 6.46. The van der Waals surface area contributed by atoms with E-state index in [9.17, 15) is 18.0 Å². The number of hydroxylamine groups is 1. The summed E-state index contributed by atoms with van der Waals surface area (Å²) in [5, 5.41) is 9.09. The van der Waals surface area contributed by atoms with E-state index in [1.54, 1.807) is 6.92 Å². The van der Waals surface area contributed by atoms with Crippen molar-refractivity contribution < 1.29 is 28.0 Å². The van der Waals surface area contributed by atoms with Crippen molar-refractivity contribution in [1.82, 2.24) is 14.7 Å². The molecule has 1 aromatic rings. The first-order valence-corrected chi connectivity index (χ1v) is 10.6. The molecule has 1 heterocycles. The summed E-state index contributed by atoms with van der Waals surface area (Å²) in [6, 6.07) is 3.78. The highest BCUT2D eigenvalue weighted by atomic mass is 32.2. The lowest BCUT2D eigenvalue weighted by Crippen LogP contribution is -2.65. The van der Waals surface area contributed by atoms with E-state index in [0.717, 1.165) is 10.7 Å². The van der Waals surface area contributed by atoms with Crippen LogP contribution in [0.4, 0.5) is 0 Å². The minimum Gasteiger partial charge on any atom is -0.481 e. The van der Waals surface area contributed by atoms with E-state index in [2.05, 4.69) is 11.8 Å². The molecule has 0 bridgehead atoms. The molecule has 1 aliphatic heterocycles. The number of hydrogen-bond donors (Lipinski definition) is 2. The quantitative estimate of drug-likeness (QED) is 0.407. The Morgan fingerprint density at radius 1 is 1.24 bits per heavy atom. The van der Waals surface area contributed by atoms with Crippen LogP contribution in [0, 0.1) is 11.8 Å². The van der Waals surface area contributed by atoms with Gasteiger partial charge in [0.1, 0.15) is 18.4 Å². The molecule has 0 spiro atoms. The third-order valence-electron chi connectivity index (χ3n) is 4.65. The monoisotopic (exact) mass is 423 g/mol. The zero-order chi connectivity index (χ0) is 21.6. The zero-order valence-corrected chi connectivity index (χ0v) is 17.4. The third kappa shape index (κ3) is 5.06. The second kappa shape index (κ2) is 9.73. The van der Waals surface area contributed by atoms with Crippen LogP contribution in [-0.4, -0.2) is 66.4 Å². The minimum absolute atomic E-state index is 0.0243. The predicted molar refractivity (Wildman–Crippen MR) is 104 cm³/mol. The average Bonchev–Trinajstić information content (AvgIpc) is 2.70. The van der Waals surface area contributed by atoms with Crippen molar-refractivity contribution in [3.63, 3.8) is 0 Å². The van der Waals surface area contributed by atoms with E-state index in [1.807, 2.05) is 6.92 Å². The van der Waals surface area contributed by atoms with Crippen molar-refractivity contribution >= 4 is 21.8 Å². The summed E-state index contributed by atoms with van der Waals surface area (Å²) in [5.41, 5.74) is 1.50. The molecule has 2 amide bonds. The molecule has 1 aromatic carbocycles. The Morgan fingerprint density at radius 2 is 1.90 bits per heavy atom. The van der Waals surface area contributed by atoms with E-state index in [1.165, 1.54) is 41.6 Å². The van der Waals surface area contributed by atoms with Crippen LogP contribution in [-0.2, 0) is 19.6 Å². The molecule has 158 valence electrons. The SMILES string of the molecule is CCC#CCOc1ccc(S(=O)(=O)N2CCN(C(C)=O)C(C)C2C(=O)NO)cc1. The molecule has 2 atom stereocenters. The molecular weight excluding hydrogens is 398 g/mol. The van der Waals surface area contributed by atoms with Gasteiger partial charge in [-0.2, -0.15) is 4.31 Å². The smallest absolute Gasteiger partial charge is 0.263 e. The summed E-state index contributed by atoms with van der Waals surface area (Å²) in [5.74, 6) is 4.98. The van der Waals surface area contributed by atoms with Crippen LogP contribution >= 0.6 is 0 Å². The van der Waals surface area contributed by atoms with Crippen LogP contribution in [0.2, 0.25) is 0 Å². The Bertz CT molecular complexity index is 904. The number of benzene rings is 1. The Kier molecular flexibility index (Phi) is 7.61. The van der Waals surface area contributed by atoms with Crippen LogP contribution < -0.4 is 10.2 Å². The van der Waals surface area contributed by atoms with Crippen molar-refractivity contribution in [2.45, 2.75) is 44.2 Å². The summed E-state index contributed by atoms with van der Waals surface area (Å²) in [4.78, 5) is 25.4. The molecule has 1 saturated heterocycles. The van der Waals surface area contributed by atoms with Gasteiger partial charge in [-0.3, -0.25) is 14.8 Å². The van der Waals surface area contributed by atoms with Gasteiger partial charge in [-0.05, 0) is 31.2 Å². The number of carbonyl (C=O) groups excluding carboxylic acids is 2. The average molecular weight is 423 g/mol. The van der Waals surface area contributed by atoms with Gasteiger partial charge >= 0.3 is 0 Å². The maximum atomic E-state index is 13.1. The normalized spacial score (nSPS) is 19.8. The van der Waals surface area contributed by atoms with Crippen molar-refractivity contribution in [2.75, 3.05) is 19.7 Å². The van der Waals surface area contributed by atoms with Gasteiger partial charge in [-0.1, -0.05) is 12.8 Å². The van der Waals surface area contributed by atoms with E-state index in [0.29, 0.717) is 5.75 Å². The van der Waals surface area contributed by atoms with Gasteiger partial charge in [0.2, 0.25) is 15.9 Å². The predicted octanol–water partition coefficient (Wildman–Crippen LogP) is 0.594. The number of hydrogen-bond acceptors (Lipinski definition) is 6. The molecule has 29 heavy (non-hydrogen) atoms. The van der Waals surface area contributed by atoms with Crippen molar-refractivity contribution in [3.8, 4) is 17.6 Å². The maximum absolute atomic E-state index is 13.1. The number of nitrogens with one attached hydrogen (secondary N) is 1. The molecule has 9 nitrogen and oxygen atoms in total. The van der Waals surface area contributed by atoms with Crippen LogP contribution in [0.1, 0.15) is 27.2 Å². The first kappa shape index (κ1) is 22.7. The fourth-order valence-corrected chi connectivity index (χ4v) is 4.87. The number of sulfonamides is 1. The van der Waals surface area contributed by atoms with Gasteiger partial charge in [0.05, 0.1) is 10.9 Å². The van der Waals surface area contributed by atoms with E-state index < -0.39 is 28.0 Å². The highest BCUT2D eigenvalue weighted by Gasteiger charge is 2.45. The van der Waals surface area contributed by atoms with Gasteiger partial charge in [-0.25, -0.2) is 13.9 Å². The van der Waals surface area contributed by atoms with Gasteiger partial charge < -0.3 is 9.64 Å². The van der Waals surface area contributed by atoms with Crippen LogP contribution in [0.5, 0.6) is 5.75 Å². The van der Waals surface area contributed by atoms with E-state index in [-0.39, 0.29) is 30.5 Å². The van der Waals surface area contributed by atoms with E-state index >= 15 is 0 Å². The second-order valence-corrected chi connectivity index (χ2v) is 8.35. The van der Waals surface area contributed by atoms with Crippen LogP contribution in [0.25, 0.3) is 0 Å². The number of amides is 2. The molecule has 0 aliphatic carbocycles. The van der Waals surface area contributed by atoms with Crippen molar-refractivity contribution in [1.29, 1.82) is 0 Å². The maximum Gasteiger partial charge on any atom is 0.263 e. The molecule has 0 aromatic heterocycles. The van der Waals surface area contributed by atoms with Gasteiger partial charge in [0, 0.05) is 26.4 Å². The number of piperazine rings is 1. The zero-order valence-electron chi connectivity index (χ0n) is 16.6. The van der Waals surface area contributed by atoms with E-state index in [4.69, 9.17) is 9.94 Å². The van der Waals surface area contributed by atoms with Gasteiger partial charge in [0.25, 0.3) is 5.91 Å². The summed E-state index contributed by atoms with van der Waals surface area (Å²) in [7, 11) is -4.05. The lowest BCUT2D eigenvalue weighted by atomic mass is 10.0. The fraction of sp³-hybridized carbons (Fsp3) is 0.474. The van der Waals surface area contributed by atoms with Crippen LogP contribution in [0.3, 0.4) is 0 Å². The Labute approximate surface area is 170 Å². The summed E-state index contributed by atoms with van der Waals surface area (Å²) < 4.78 is 32.7. The number of carbonyl (C=O) groups is 2. The Balaban J connectivity index is 2.28. The van der Waals surface area contributed by atoms with Crippen LogP contribution in [0.15, 0.2) is 29.2 Å². The Hall–Kier alpha value is -2.61. The first-order valence-electron chi connectivity index (χ1n) is 9.15. The molecular formula is C19H25N3O6S. The topological polar surface area (TPSA) is 116 Å². The Morgan fingerprint density at radius 3 is 2.45 bits per heavy atom. The van der Waals surface area contributed by atoms with Crippen molar-refractivity contribution in [2.24, 2.45) is 0 Å². The van der Waals surface area contributed by atoms with Gasteiger partial charge in [0.15, 0.2) is 0 Å².